The van der Waals surface area contributed by atoms with Gasteiger partial charge in [-0.15, -0.1) is 11.3 Å². The molecule has 0 aliphatic rings. The first-order valence-electron chi connectivity index (χ1n) is 5.01. The minimum absolute atomic E-state index is 0.811. The predicted octanol–water partition coefficient (Wildman–Crippen LogP) is 1.52. The maximum atomic E-state index is 4.97. The Morgan fingerprint density at radius 3 is 3.33 bits per heavy atom. The zero-order valence-electron chi connectivity index (χ0n) is 8.77. The summed E-state index contributed by atoms with van der Waals surface area (Å²) in [5.41, 5.74) is 1.10. The lowest BCUT2D eigenvalue weighted by molar-refractivity contribution is 0.194. The van der Waals surface area contributed by atoms with Gasteiger partial charge in [-0.25, -0.2) is 4.98 Å². The Kier molecular flexibility index (Phi) is 3.71. The van der Waals surface area contributed by atoms with Crippen molar-refractivity contribution in [2.45, 2.75) is 13.0 Å². The molecule has 0 aromatic carbocycles. The topological polar surface area (TPSA) is 38.6 Å². The second-order valence-electron chi connectivity index (χ2n) is 3.35. The normalized spacial score (nSPS) is 11.3. The number of nitrogens with zero attached hydrogens (tertiary/aromatic N) is 2. The van der Waals surface area contributed by atoms with Crippen LogP contribution in [0.1, 0.15) is 12.1 Å². The van der Waals surface area contributed by atoms with Crippen molar-refractivity contribution < 1.29 is 4.74 Å². The zero-order valence-corrected chi connectivity index (χ0v) is 9.59. The van der Waals surface area contributed by atoms with Crippen molar-refractivity contribution in [1.82, 2.24) is 14.7 Å². The third-order valence-electron chi connectivity index (χ3n) is 2.15. The van der Waals surface area contributed by atoms with Crippen molar-refractivity contribution in [1.29, 1.82) is 0 Å². The van der Waals surface area contributed by atoms with E-state index in [1.165, 1.54) is 0 Å². The number of nitrogens with one attached hydrogen (secondary N) is 1. The van der Waals surface area contributed by atoms with Crippen molar-refractivity contribution in [2.24, 2.45) is 0 Å². The van der Waals surface area contributed by atoms with Crippen LogP contribution in [0.2, 0.25) is 0 Å². The lowest BCUT2D eigenvalue weighted by Gasteiger charge is -2.00. The molecule has 4 nitrogen and oxygen atoms in total. The molecule has 0 saturated heterocycles. The molecule has 2 heterocycles. The van der Waals surface area contributed by atoms with E-state index in [9.17, 15) is 0 Å². The van der Waals surface area contributed by atoms with Crippen LogP contribution in [0.3, 0.4) is 0 Å². The van der Waals surface area contributed by atoms with Gasteiger partial charge in [0.05, 0.1) is 5.69 Å². The highest BCUT2D eigenvalue weighted by Gasteiger charge is 2.00. The van der Waals surface area contributed by atoms with Crippen molar-refractivity contribution >= 4 is 16.3 Å². The third kappa shape index (κ3) is 2.77. The van der Waals surface area contributed by atoms with E-state index in [0.29, 0.717) is 0 Å². The summed E-state index contributed by atoms with van der Waals surface area (Å²) < 4.78 is 7.02. The summed E-state index contributed by atoms with van der Waals surface area (Å²) in [7, 11) is 1.73. The summed E-state index contributed by atoms with van der Waals surface area (Å²) in [6.07, 6.45) is 5.13. The summed E-state index contributed by atoms with van der Waals surface area (Å²) >= 11 is 1.66. The van der Waals surface area contributed by atoms with Crippen molar-refractivity contribution in [3.63, 3.8) is 0 Å². The number of ether oxygens (including phenoxy) is 1. The fraction of sp³-hybridized carbons (Fsp3) is 0.500. The van der Waals surface area contributed by atoms with E-state index >= 15 is 0 Å². The van der Waals surface area contributed by atoms with Gasteiger partial charge in [-0.2, -0.15) is 0 Å². The van der Waals surface area contributed by atoms with Gasteiger partial charge in [-0.1, -0.05) is 0 Å². The molecule has 2 aromatic rings. The standard InChI is InChI=1S/C10H15N3OS/c1-14-5-2-3-11-7-9-8-13-4-6-15-10(13)12-9/h4,6,8,11H,2-3,5,7H2,1H3. The molecule has 0 aliphatic carbocycles. The van der Waals surface area contributed by atoms with Crippen LogP contribution in [-0.2, 0) is 11.3 Å². The van der Waals surface area contributed by atoms with Gasteiger partial charge < -0.3 is 10.1 Å². The number of hydrogen-bond acceptors (Lipinski definition) is 4. The molecular formula is C10H15N3OS. The van der Waals surface area contributed by atoms with Gasteiger partial charge in [0.2, 0.25) is 0 Å². The highest BCUT2D eigenvalue weighted by Crippen LogP contribution is 2.10. The Hall–Kier alpha value is -0.910. The summed E-state index contributed by atoms with van der Waals surface area (Å²) in [5, 5.41) is 5.38. The second-order valence-corrected chi connectivity index (χ2v) is 4.22. The number of imidazole rings is 1. The monoisotopic (exact) mass is 225 g/mol. The van der Waals surface area contributed by atoms with Gasteiger partial charge in [0.1, 0.15) is 0 Å². The lowest BCUT2D eigenvalue weighted by atomic mass is 10.4. The molecule has 0 saturated carbocycles. The number of hydrogen-bond donors (Lipinski definition) is 1. The van der Waals surface area contributed by atoms with E-state index in [0.717, 1.165) is 36.8 Å². The maximum absolute atomic E-state index is 4.97. The Bertz CT molecular complexity index is 381. The molecule has 5 heteroatoms. The smallest absolute Gasteiger partial charge is 0.193 e. The summed E-state index contributed by atoms with van der Waals surface area (Å²) in [6.45, 7) is 2.61. The predicted molar refractivity (Wildman–Crippen MR) is 61.3 cm³/mol. The van der Waals surface area contributed by atoms with Crippen LogP contribution >= 0.6 is 11.3 Å². The molecule has 0 amide bonds. The fourth-order valence-corrected chi connectivity index (χ4v) is 2.14. The van der Waals surface area contributed by atoms with E-state index in [4.69, 9.17) is 4.74 Å². The van der Waals surface area contributed by atoms with Gasteiger partial charge in [0.15, 0.2) is 4.96 Å². The minimum Gasteiger partial charge on any atom is -0.385 e. The molecule has 1 N–H and O–H groups in total. The average Bonchev–Trinajstić information content (AvgIpc) is 2.77. The summed E-state index contributed by atoms with van der Waals surface area (Å²) in [4.78, 5) is 5.54. The first-order valence-corrected chi connectivity index (χ1v) is 5.89. The van der Waals surface area contributed by atoms with E-state index in [2.05, 4.69) is 20.9 Å². The van der Waals surface area contributed by atoms with E-state index in [1.807, 2.05) is 11.6 Å². The lowest BCUT2D eigenvalue weighted by Crippen LogP contribution is -2.16. The zero-order chi connectivity index (χ0) is 10.5. The van der Waals surface area contributed by atoms with Crippen LogP contribution in [0.15, 0.2) is 17.8 Å². The number of fused-ring (bicyclic) bond motifs is 1. The minimum atomic E-state index is 0.811. The van der Waals surface area contributed by atoms with E-state index in [-0.39, 0.29) is 0 Å². The van der Waals surface area contributed by atoms with Crippen molar-refractivity contribution in [3.05, 3.63) is 23.5 Å². The van der Waals surface area contributed by atoms with E-state index < -0.39 is 0 Å². The Balaban J connectivity index is 1.77. The summed E-state index contributed by atoms with van der Waals surface area (Å²) in [6, 6.07) is 0. The largest absolute Gasteiger partial charge is 0.385 e. The van der Waals surface area contributed by atoms with Crippen LogP contribution in [0.5, 0.6) is 0 Å². The second kappa shape index (κ2) is 5.25. The molecule has 0 spiro atoms. The molecule has 0 atom stereocenters. The van der Waals surface area contributed by atoms with Gasteiger partial charge in [0.25, 0.3) is 0 Å². The van der Waals surface area contributed by atoms with Crippen molar-refractivity contribution in [3.8, 4) is 0 Å². The SMILES string of the molecule is COCCCNCc1cn2ccsc2n1. The number of rotatable bonds is 6. The van der Waals surface area contributed by atoms with Gasteiger partial charge in [-0.3, -0.25) is 4.40 Å². The molecule has 0 aliphatic heterocycles. The van der Waals surface area contributed by atoms with Crippen LogP contribution in [0, 0.1) is 0 Å². The molecular weight excluding hydrogens is 210 g/mol. The highest BCUT2D eigenvalue weighted by atomic mass is 32.1. The molecule has 0 radical (unpaired) electrons. The fourth-order valence-electron chi connectivity index (χ4n) is 1.42. The molecule has 2 rings (SSSR count). The molecule has 0 fully saturated rings. The number of aromatic nitrogens is 2. The Morgan fingerprint density at radius 1 is 1.60 bits per heavy atom. The van der Waals surface area contributed by atoms with Crippen LogP contribution in [-0.4, -0.2) is 29.6 Å². The highest BCUT2D eigenvalue weighted by molar-refractivity contribution is 7.15. The third-order valence-corrected chi connectivity index (χ3v) is 2.92. The van der Waals surface area contributed by atoms with Gasteiger partial charge >= 0.3 is 0 Å². The summed E-state index contributed by atoms with van der Waals surface area (Å²) in [5.74, 6) is 0. The molecule has 82 valence electrons. The average molecular weight is 225 g/mol. The van der Waals surface area contributed by atoms with Crippen molar-refractivity contribution in [2.75, 3.05) is 20.3 Å². The van der Waals surface area contributed by atoms with Crippen LogP contribution in [0.4, 0.5) is 0 Å². The molecule has 15 heavy (non-hydrogen) atoms. The molecule has 0 unspecified atom stereocenters. The molecule has 0 bridgehead atoms. The molecule has 2 aromatic heterocycles. The van der Waals surface area contributed by atoms with Gasteiger partial charge in [-0.05, 0) is 13.0 Å². The maximum Gasteiger partial charge on any atom is 0.193 e. The van der Waals surface area contributed by atoms with E-state index in [1.54, 1.807) is 18.4 Å². The van der Waals surface area contributed by atoms with Crippen LogP contribution in [0.25, 0.3) is 4.96 Å². The Labute approximate surface area is 92.9 Å². The van der Waals surface area contributed by atoms with Gasteiger partial charge in [0, 0.05) is 38.0 Å². The quantitative estimate of drug-likeness (QED) is 0.758. The number of thiazole rings is 1. The number of methoxy groups -OCH3 is 1. The van der Waals surface area contributed by atoms with Crippen LogP contribution < -0.4 is 5.32 Å². The Morgan fingerprint density at radius 2 is 2.53 bits per heavy atom. The first kappa shape index (κ1) is 10.6. The first-order chi connectivity index (χ1) is 7.40.